The molecule has 0 spiro atoms. The van der Waals surface area contributed by atoms with E-state index in [1.54, 1.807) is 24.3 Å². The zero-order valence-electron chi connectivity index (χ0n) is 9.82. The zero-order valence-corrected chi connectivity index (χ0v) is 12.2. The summed E-state index contributed by atoms with van der Waals surface area (Å²) in [4.78, 5) is 26.9. The first-order valence-corrected chi connectivity index (χ1v) is 7.05. The van der Waals surface area contributed by atoms with E-state index in [0.29, 0.717) is 11.3 Å². The van der Waals surface area contributed by atoms with Crippen molar-refractivity contribution in [3.63, 3.8) is 0 Å². The molecule has 3 rings (SSSR count). The molecule has 0 saturated heterocycles. The number of aromatic amines is 1. The van der Waals surface area contributed by atoms with Crippen LogP contribution in [0.3, 0.4) is 0 Å². The molecule has 1 N–H and O–H groups in total. The highest BCUT2D eigenvalue weighted by molar-refractivity contribution is 9.10. The Morgan fingerprint density at radius 1 is 1.21 bits per heavy atom. The summed E-state index contributed by atoms with van der Waals surface area (Å²) < 4.78 is 2.02. The molecule has 1 fully saturated rings. The second-order valence-electron chi connectivity index (χ2n) is 4.55. The second kappa shape index (κ2) is 4.65. The number of nitrogens with zero attached hydrogens (tertiary/aromatic N) is 1. The summed E-state index contributed by atoms with van der Waals surface area (Å²) in [5, 5.41) is 0.172. The lowest BCUT2D eigenvalue weighted by Crippen LogP contribution is -2.35. The highest BCUT2D eigenvalue weighted by Gasteiger charge is 2.30. The van der Waals surface area contributed by atoms with Crippen molar-refractivity contribution < 1.29 is 0 Å². The molecule has 0 radical (unpaired) electrons. The molecule has 98 valence electrons. The number of benzene rings is 1. The van der Waals surface area contributed by atoms with Gasteiger partial charge in [-0.15, -0.1) is 0 Å². The summed E-state index contributed by atoms with van der Waals surface area (Å²) >= 11 is 9.30. The number of nitrogens with one attached hydrogen (secondary N) is 1. The molecule has 0 atom stereocenters. The van der Waals surface area contributed by atoms with Gasteiger partial charge in [0, 0.05) is 4.47 Å². The van der Waals surface area contributed by atoms with Crippen molar-refractivity contribution in [2.45, 2.75) is 18.8 Å². The van der Waals surface area contributed by atoms with Crippen molar-refractivity contribution in [1.82, 2.24) is 9.55 Å². The van der Waals surface area contributed by atoms with Gasteiger partial charge in [-0.3, -0.25) is 9.78 Å². The van der Waals surface area contributed by atoms with Crippen molar-refractivity contribution in [3.05, 3.63) is 60.3 Å². The molecule has 1 saturated carbocycles. The van der Waals surface area contributed by atoms with Crippen molar-refractivity contribution in [3.8, 4) is 5.69 Å². The molecule has 4 nitrogen and oxygen atoms in total. The van der Waals surface area contributed by atoms with Gasteiger partial charge in [-0.1, -0.05) is 27.5 Å². The Kier molecular flexibility index (Phi) is 3.11. The van der Waals surface area contributed by atoms with E-state index in [1.807, 2.05) is 0 Å². The molecule has 19 heavy (non-hydrogen) atoms. The highest BCUT2D eigenvalue weighted by Crippen LogP contribution is 2.40. The summed E-state index contributed by atoms with van der Waals surface area (Å²) in [7, 11) is 0. The van der Waals surface area contributed by atoms with Gasteiger partial charge >= 0.3 is 5.69 Å². The molecule has 1 aliphatic rings. The molecule has 6 heteroatoms. The van der Waals surface area contributed by atoms with Crippen molar-refractivity contribution >= 4 is 27.5 Å². The van der Waals surface area contributed by atoms with Crippen LogP contribution in [-0.2, 0) is 0 Å². The van der Waals surface area contributed by atoms with Crippen LogP contribution in [0, 0.1) is 0 Å². The number of rotatable bonds is 2. The maximum atomic E-state index is 12.4. The Balaban J connectivity index is 2.26. The van der Waals surface area contributed by atoms with E-state index in [9.17, 15) is 9.59 Å². The molecule has 2 aromatic rings. The minimum absolute atomic E-state index is 0.172. The molecule has 1 aromatic heterocycles. The standard InChI is InChI=1S/C13H10BrClN2O2/c14-8-3-5-9(6-4-8)17-12(18)10(7-1-2-7)11(15)16-13(17)19/h3-7H,1-2H2,(H,16,19). The van der Waals surface area contributed by atoms with Crippen LogP contribution in [0.5, 0.6) is 0 Å². The van der Waals surface area contributed by atoms with Crippen molar-refractivity contribution in [2.75, 3.05) is 0 Å². The second-order valence-corrected chi connectivity index (χ2v) is 5.84. The minimum atomic E-state index is -0.512. The van der Waals surface area contributed by atoms with Gasteiger partial charge in [-0.25, -0.2) is 9.36 Å². The average Bonchev–Trinajstić information content (AvgIpc) is 3.15. The van der Waals surface area contributed by atoms with Crippen molar-refractivity contribution in [2.24, 2.45) is 0 Å². The summed E-state index contributed by atoms with van der Waals surface area (Å²) in [6, 6.07) is 7.00. The average molecular weight is 342 g/mol. The molecule has 0 aliphatic heterocycles. The van der Waals surface area contributed by atoms with Gasteiger partial charge in [0.1, 0.15) is 5.15 Å². The smallest absolute Gasteiger partial charge is 0.297 e. The van der Waals surface area contributed by atoms with E-state index < -0.39 is 5.69 Å². The molecule has 1 aromatic carbocycles. The van der Waals surface area contributed by atoms with Crippen LogP contribution in [-0.4, -0.2) is 9.55 Å². The van der Waals surface area contributed by atoms with E-state index in [4.69, 9.17) is 11.6 Å². The normalized spacial score (nSPS) is 14.6. The third-order valence-corrected chi connectivity index (χ3v) is 3.99. The van der Waals surface area contributed by atoms with Crippen LogP contribution in [0.2, 0.25) is 5.15 Å². The molecule has 0 bridgehead atoms. The van der Waals surface area contributed by atoms with Crippen LogP contribution in [0.15, 0.2) is 38.3 Å². The fraction of sp³-hybridized carbons (Fsp3) is 0.231. The summed E-state index contributed by atoms with van der Waals surface area (Å²) in [6.07, 6.45) is 1.89. The maximum Gasteiger partial charge on any atom is 0.334 e. The minimum Gasteiger partial charge on any atom is -0.297 e. The summed E-state index contributed by atoms with van der Waals surface area (Å²) in [5.74, 6) is 0.179. The van der Waals surface area contributed by atoms with Gasteiger partial charge in [0.2, 0.25) is 0 Å². The first-order chi connectivity index (χ1) is 9.08. The van der Waals surface area contributed by atoms with Crippen LogP contribution in [0.4, 0.5) is 0 Å². The van der Waals surface area contributed by atoms with Gasteiger partial charge in [-0.05, 0) is 43.0 Å². The molecule has 0 unspecified atom stereocenters. The summed E-state index contributed by atoms with van der Waals surface area (Å²) in [6.45, 7) is 0. The molecular formula is C13H10BrClN2O2. The quantitative estimate of drug-likeness (QED) is 0.854. The Labute approximate surface area is 122 Å². The molecular weight excluding hydrogens is 332 g/mol. The Bertz CT molecular complexity index is 745. The third-order valence-electron chi connectivity index (χ3n) is 3.16. The maximum absolute atomic E-state index is 12.4. The Morgan fingerprint density at radius 3 is 2.42 bits per heavy atom. The van der Waals surface area contributed by atoms with Crippen LogP contribution < -0.4 is 11.2 Å². The fourth-order valence-electron chi connectivity index (χ4n) is 2.07. The van der Waals surface area contributed by atoms with Gasteiger partial charge in [0.25, 0.3) is 5.56 Å². The largest absolute Gasteiger partial charge is 0.334 e. The van der Waals surface area contributed by atoms with E-state index in [1.165, 1.54) is 0 Å². The fourth-order valence-corrected chi connectivity index (χ4v) is 2.65. The monoisotopic (exact) mass is 340 g/mol. The highest BCUT2D eigenvalue weighted by atomic mass is 79.9. The molecule has 1 aliphatic carbocycles. The lowest BCUT2D eigenvalue weighted by molar-refractivity contribution is 0.838. The zero-order chi connectivity index (χ0) is 13.6. The van der Waals surface area contributed by atoms with E-state index in [0.717, 1.165) is 21.9 Å². The number of hydrogen-bond acceptors (Lipinski definition) is 2. The number of aromatic nitrogens is 2. The van der Waals surface area contributed by atoms with Crippen LogP contribution in [0.1, 0.15) is 24.3 Å². The number of H-pyrrole nitrogens is 1. The SMILES string of the molecule is O=c1[nH]c(Cl)c(C2CC2)c(=O)n1-c1ccc(Br)cc1. The predicted octanol–water partition coefficient (Wildman–Crippen LogP) is 2.82. The van der Waals surface area contributed by atoms with Crippen LogP contribution in [0.25, 0.3) is 5.69 Å². The third kappa shape index (κ3) is 2.28. The van der Waals surface area contributed by atoms with Gasteiger partial charge < -0.3 is 0 Å². The van der Waals surface area contributed by atoms with E-state index in [-0.39, 0.29) is 16.6 Å². The number of hydrogen-bond donors (Lipinski definition) is 1. The van der Waals surface area contributed by atoms with Crippen molar-refractivity contribution in [1.29, 1.82) is 0 Å². The molecule has 1 heterocycles. The van der Waals surface area contributed by atoms with Gasteiger partial charge in [0.15, 0.2) is 0 Å². The predicted molar refractivity (Wildman–Crippen MR) is 77.3 cm³/mol. The van der Waals surface area contributed by atoms with E-state index in [2.05, 4.69) is 20.9 Å². The van der Waals surface area contributed by atoms with Gasteiger partial charge in [0.05, 0.1) is 11.3 Å². The first-order valence-electron chi connectivity index (χ1n) is 5.88. The Hall–Kier alpha value is -1.33. The molecule has 0 amide bonds. The number of halogens is 2. The lowest BCUT2D eigenvalue weighted by Gasteiger charge is -2.08. The van der Waals surface area contributed by atoms with Crippen LogP contribution >= 0.6 is 27.5 Å². The lowest BCUT2D eigenvalue weighted by atomic mass is 10.2. The first kappa shape index (κ1) is 12.7. The van der Waals surface area contributed by atoms with E-state index >= 15 is 0 Å². The topological polar surface area (TPSA) is 54.9 Å². The Morgan fingerprint density at radius 2 is 1.84 bits per heavy atom. The summed E-state index contributed by atoms with van der Waals surface area (Å²) in [5.41, 5.74) is 0.220. The van der Waals surface area contributed by atoms with Gasteiger partial charge in [-0.2, -0.15) is 0 Å².